The highest BCUT2D eigenvalue weighted by Gasteiger charge is 2.18. The molecular weight excluding hydrogens is 318 g/mol. The van der Waals surface area contributed by atoms with Crippen LogP contribution in [0.2, 0.25) is 0 Å². The molecule has 0 aromatic heterocycles. The summed E-state index contributed by atoms with van der Waals surface area (Å²) in [6.45, 7) is 4.69. The van der Waals surface area contributed by atoms with Gasteiger partial charge >= 0.3 is 0 Å². The molecule has 0 unspecified atom stereocenters. The number of ether oxygens (including phenoxy) is 3. The Bertz CT molecular complexity index is 670. The molecule has 2 aromatic rings. The SMILES string of the molecule is CC[C@@H](Oc1ccccc1C)C(=O)NCCOc1ccc(OC)cc1. The Morgan fingerprint density at radius 2 is 1.76 bits per heavy atom. The van der Waals surface area contributed by atoms with Crippen molar-refractivity contribution in [3.8, 4) is 17.2 Å². The molecule has 25 heavy (non-hydrogen) atoms. The molecule has 0 aliphatic heterocycles. The zero-order valence-electron chi connectivity index (χ0n) is 15.0. The lowest BCUT2D eigenvalue weighted by molar-refractivity contribution is -0.128. The number of carbonyl (C=O) groups excluding carboxylic acids is 1. The summed E-state index contributed by atoms with van der Waals surface area (Å²) in [5.41, 5.74) is 1.01. The van der Waals surface area contributed by atoms with Crippen LogP contribution in [-0.2, 0) is 4.79 Å². The number of rotatable bonds is 9. The van der Waals surface area contributed by atoms with Crippen molar-refractivity contribution < 1.29 is 19.0 Å². The molecule has 2 rings (SSSR count). The first-order chi connectivity index (χ1) is 12.1. The Morgan fingerprint density at radius 1 is 1.08 bits per heavy atom. The monoisotopic (exact) mass is 343 g/mol. The number of para-hydroxylation sites is 1. The summed E-state index contributed by atoms with van der Waals surface area (Å²) >= 11 is 0. The molecule has 0 fully saturated rings. The summed E-state index contributed by atoms with van der Waals surface area (Å²) in [4.78, 5) is 12.3. The van der Waals surface area contributed by atoms with Crippen molar-refractivity contribution >= 4 is 5.91 Å². The molecule has 0 heterocycles. The predicted molar refractivity (Wildman–Crippen MR) is 97.4 cm³/mol. The van der Waals surface area contributed by atoms with E-state index in [2.05, 4.69) is 5.32 Å². The maximum Gasteiger partial charge on any atom is 0.261 e. The minimum absolute atomic E-state index is 0.135. The first-order valence-electron chi connectivity index (χ1n) is 8.41. The van der Waals surface area contributed by atoms with Crippen LogP contribution in [0.4, 0.5) is 0 Å². The molecule has 0 saturated carbocycles. The van der Waals surface area contributed by atoms with E-state index in [0.29, 0.717) is 19.6 Å². The van der Waals surface area contributed by atoms with Crippen molar-refractivity contribution in [2.45, 2.75) is 26.4 Å². The molecule has 1 N–H and O–H groups in total. The van der Waals surface area contributed by atoms with E-state index < -0.39 is 6.10 Å². The van der Waals surface area contributed by atoms with E-state index in [-0.39, 0.29) is 5.91 Å². The minimum atomic E-state index is -0.512. The fourth-order valence-electron chi connectivity index (χ4n) is 2.29. The van der Waals surface area contributed by atoms with Crippen molar-refractivity contribution in [2.75, 3.05) is 20.3 Å². The molecule has 0 saturated heterocycles. The van der Waals surface area contributed by atoms with Crippen molar-refractivity contribution in [3.05, 3.63) is 54.1 Å². The van der Waals surface area contributed by atoms with Crippen LogP contribution in [0.3, 0.4) is 0 Å². The fraction of sp³-hybridized carbons (Fsp3) is 0.350. The summed E-state index contributed by atoms with van der Waals surface area (Å²) in [7, 11) is 1.62. The number of aryl methyl sites for hydroxylation is 1. The average Bonchev–Trinajstić information content (AvgIpc) is 2.65. The van der Waals surface area contributed by atoms with E-state index >= 15 is 0 Å². The van der Waals surface area contributed by atoms with Gasteiger partial charge in [0.05, 0.1) is 13.7 Å². The molecule has 0 bridgehead atoms. The van der Waals surface area contributed by atoms with Crippen molar-refractivity contribution in [2.24, 2.45) is 0 Å². The molecule has 1 amide bonds. The lowest BCUT2D eigenvalue weighted by Gasteiger charge is -2.18. The maximum atomic E-state index is 12.3. The summed E-state index contributed by atoms with van der Waals surface area (Å²) in [5, 5.41) is 2.85. The van der Waals surface area contributed by atoms with E-state index in [4.69, 9.17) is 14.2 Å². The van der Waals surface area contributed by atoms with Crippen LogP contribution in [0.1, 0.15) is 18.9 Å². The van der Waals surface area contributed by atoms with Crippen LogP contribution in [0.25, 0.3) is 0 Å². The molecule has 0 radical (unpaired) electrons. The molecular formula is C20H25NO4. The number of benzene rings is 2. The minimum Gasteiger partial charge on any atom is -0.497 e. The highest BCUT2D eigenvalue weighted by Crippen LogP contribution is 2.19. The molecule has 1 atom stereocenters. The Balaban J connectivity index is 1.76. The van der Waals surface area contributed by atoms with Crippen LogP contribution in [0, 0.1) is 6.92 Å². The second kappa shape index (κ2) is 9.57. The van der Waals surface area contributed by atoms with Gasteiger partial charge in [0.2, 0.25) is 0 Å². The van der Waals surface area contributed by atoms with Gasteiger partial charge in [-0.15, -0.1) is 0 Å². The summed E-state index contributed by atoms with van der Waals surface area (Å²) in [6.07, 6.45) is 0.0848. The largest absolute Gasteiger partial charge is 0.497 e. The lowest BCUT2D eigenvalue weighted by Crippen LogP contribution is -2.39. The number of amides is 1. The molecule has 5 nitrogen and oxygen atoms in total. The zero-order valence-corrected chi connectivity index (χ0v) is 15.0. The molecule has 5 heteroatoms. The number of nitrogens with one attached hydrogen (secondary N) is 1. The quantitative estimate of drug-likeness (QED) is 0.710. The Labute approximate surface area is 148 Å². The van der Waals surface area contributed by atoms with Gasteiger partial charge in [0.1, 0.15) is 23.9 Å². The molecule has 0 aliphatic carbocycles. The highest BCUT2D eigenvalue weighted by molar-refractivity contribution is 5.81. The van der Waals surface area contributed by atoms with Gasteiger partial charge in [-0.2, -0.15) is 0 Å². The summed E-state index contributed by atoms with van der Waals surface area (Å²) in [6, 6.07) is 15.0. The summed E-state index contributed by atoms with van der Waals surface area (Å²) in [5.74, 6) is 2.11. The van der Waals surface area contributed by atoms with E-state index in [1.54, 1.807) is 7.11 Å². The van der Waals surface area contributed by atoms with E-state index in [9.17, 15) is 4.79 Å². The van der Waals surface area contributed by atoms with Gasteiger partial charge in [-0.25, -0.2) is 0 Å². The van der Waals surface area contributed by atoms with Crippen molar-refractivity contribution in [1.29, 1.82) is 0 Å². The number of hydrogen-bond acceptors (Lipinski definition) is 4. The van der Waals surface area contributed by atoms with Crippen molar-refractivity contribution in [1.82, 2.24) is 5.32 Å². The number of methoxy groups -OCH3 is 1. The van der Waals surface area contributed by atoms with Crippen LogP contribution < -0.4 is 19.5 Å². The van der Waals surface area contributed by atoms with Gasteiger partial charge in [0, 0.05) is 0 Å². The first kappa shape index (κ1) is 18.6. The lowest BCUT2D eigenvalue weighted by atomic mass is 10.2. The average molecular weight is 343 g/mol. The van der Waals surface area contributed by atoms with Crippen LogP contribution in [0.15, 0.2) is 48.5 Å². The second-order valence-corrected chi connectivity index (χ2v) is 5.60. The third-order valence-electron chi connectivity index (χ3n) is 3.76. The van der Waals surface area contributed by atoms with Gasteiger partial charge in [-0.1, -0.05) is 25.1 Å². The van der Waals surface area contributed by atoms with Gasteiger partial charge in [0.25, 0.3) is 5.91 Å². The molecule has 2 aromatic carbocycles. The topological polar surface area (TPSA) is 56.8 Å². The molecule has 134 valence electrons. The smallest absolute Gasteiger partial charge is 0.261 e. The van der Waals surface area contributed by atoms with Gasteiger partial charge < -0.3 is 19.5 Å². The van der Waals surface area contributed by atoms with Gasteiger partial charge in [-0.05, 0) is 49.2 Å². The van der Waals surface area contributed by atoms with Gasteiger partial charge in [0.15, 0.2) is 6.10 Å². The Hall–Kier alpha value is -2.69. The Kier molecular flexibility index (Phi) is 7.14. The molecule has 0 aliphatic rings. The summed E-state index contributed by atoms with van der Waals surface area (Å²) < 4.78 is 16.5. The van der Waals surface area contributed by atoms with E-state index in [1.165, 1.54) is 0 Å². The Morgan fingerprint density at radius 3 is 2.40 bits per heavy atom. The van der Waals surface area contributed by atoms with Crippen LogP contribution >= 0.6 is 0 Å². The number of hydrogen-bond donors (Lipinski definition) is 1. The van der Waals surface area contributed by atoms with Crippen LogP contribution in [-0.4, -0.2) is 32.3 Å². The standard InChI is InChI=1S/C20H25NO4/c1-4-18(25-19-8-6-5-7-15(19)2)20(22)21-13-14-24-17-11-9-16(23-3)10-12-17/h5-12,18H,4,13-14H2,1-3H3,(H,21,22)/t18-/m1/s1. The first-order valence-corrected chi connectivity index (χ1v) is 8.41. The third-order valence-corrected chi connectivity index (χ3v) is 3.76. The zero-order chi connectivity index (χ0) is 18.1. The number of carbonyl (C=O) groups is 1. The maximum absolute atomic E-state index is 12.3. The second-order valence-electron chi connectivity index (χ2n) is 5.60. The van der Waals surface area contributed by atoms with E-state index in [1.807, 2.05) is 62.4 Å². The highest BCUT2D eigenvalue weighted by atomic mass is 16.5. The molecule has 0 spiro atoms. The van der Waals surface area contributed by atoms with Crippen LogP contribution in [0.5, 0.6) is 17.2 Å². The van der Waals surface area contributed by atoms with E-state index in [0.717, 1.165) is 22.8 Å². The predicted octanol–water partition coefficient (Wildman–Crippen LogP) is 3.36. The fourth-order valence-corrected chi connectivity index (χ4v) is 2.29. The van der Waals surface area contributed by atoms with Crippen molar-refractivity contribution in [3.63, 3.8) is 0 Å². The normalized spacial score (nSPS) is 11.5. The third kappa shape index (κ3) is 5.71. The van der Waals surface area contributed by atoms with Gasteiger partial charge in [-0.3, -0.25) is 4.79 Å².